The van der Waals surface area contributed by atoms with Crippen molar-refractivity contribution >= 4 is 29.1 Å². The van der Waals surface area contributed by atoms with Crippen molar-refractivity contribution in [2.75, 3.05) is 28.6 Å². The highest BCUT2D eigenvalue weighted by Crippen LogP contribution is 2.23. The van der Waals surface area contributed by atoms with Gasteiger partial charge in [0.1, 0.15) is 0 Å². The Bertz CT molecular complexity index is 785. The number of carboxylic acid groups (broad SMARTS) is 1. The molecule has 6 nitrogen and oxygen atoms in total. The van der Waals surface area contributed by atoms with E-state index in [0.29, 0.717) is 12.1 Å². The number of carbonyl (C=O) groups excluding carboxylic acids is 1. The first kappa shape index (κ1) is 17.8. The Hall–Kier alpha value is -3.02. The van der Waals surface area contributed by atoms with Crippen molar-refractivity contribution in [3.8, 4) is 0 Å². The minimum Gasteiger partial charge on any atom is -0.481 e. The highest BCUT2D eigenvalue weighted by Gasteiger charge is 2.13. The fourth-order valence-electron chi connectivity index (χ4n) is 3.10. The molecule has 0 unspecified atom stereocenters. The lowest BCUT2D eigenvalue weighted by Gasteiger charge is -2.18. The van der Waals surface area contributed by atoms with Crippen molar-refractivity contribution in [3.05, 3.63) is 54.1 Å². The molecule has 0 radical (unpaired) electrons. The molecule has 1 fully saturated rings. The summed E-state index contributed by atoms with van der Waals surface area (Å²) in [4.78, 5) is 25.3. The summed E-state index contributed by atoms with van der Waals surface area (Å²) in [5.74, 6) is -0.834. The molecule has 1 saturated heterocycles. The van der Waals surface area contributed by atoms with Crippen molar-refractivity contribution in [2.24, 2.45) is 0 Å². The Kier molecular flexibility index (Phi) is 5.73. The molecule has 0 atom stereocenters. The molecule has 26 heavy (non-hydrogen) atoms. The first-order chi connectivity index (χ1) is 12.6. The van der Waals surface area contributed by atoms with Gasteiger partial charge in [0.15, 0.2) is 0 Å². The van der Waals surface area contributed by atoms with Crippen LogP contribution in [0.2, 0.25) is 0 Å². The lowest BCUT2D eigenvalue weighted by Crippen LogP contribution is -2.21. The molecule has 0 aliphatic carbocycles. The summed E-state index contributed by atoms with van der Waals surface area (Å²) in [6, 6.07) is 14.8. The summed E-state index contributed by atoms with van der Waals surface area (Å²) in [6.45, 7) is 2.11. The standard InChI is InChI=1S/C20H23N3O3/c24-19(25)10-9-15-5-3-6-16(13-15)21-20(26)22-17-7-4-8-18(14-17)23-11-1-2-12-23/h3-8,13-14H,1-2,9-12H2,(H,24,25)(H2,21,22,26). The molecular weight excluding hydrogens is 330 g/mol. The largest absolute Gasteiger partial charge is 0.481 e. The number of amides is 2. The van der Waals surface area contributed by atoms with Crippen LogP contribution < -0.4 is 15.5 Å². The number of aliphatic carboxylic acids is 1. The molecule has 2 aromatic rings. The zero-order valence-corrected chi connectivity index (χ0v) is 14.6. The third-order valence-electron chi connectivity index (χ3n) is 4.39. The van der Waals surface area contributed by atoms with Crippen molar-refractivity contribution in [1.29, 1.82) is 0 Å². The number of hydrogen-bond acceptors (Lipinski definition) is 3. The maximum Gasteiger partial charge on any atom is 0.323 e. The smallest absolute Gasteiger partial charge is 0.323 e. The van der Waals surface area contributed by atoms with Crippen molar-refractivity contribution < 1.29 is 14.7 Å². The first-order valence-electron chi connectivity index (χ1n) is 8.84. The quantitative estimate of drug-likeness (QED) is 0.734. The fraction of sp³-hybridized carbons (Fsp3) is 0.300. The third kappa shape index (κ3) is 4.99. The predicted octanol–water partition coefficient (Wildman–Crippen LogP) is 3.95. The number of carbonyl (C=O) groups is 2. The number of nitrogens with one attached hydrogen (secondary N) is 2. The maximum absolute atomic E-state index is 12.3. The van der Waals surface area contributed by atoms with Gasteiger partial charge in [-0.3, -0.25) is 4.79 Å². The van der Waals surface area contributed by atoms with E-state index in [1.165, 1.54) is 12.8 Å². The summed E-state index contributed by atoms with van der Waals surface area (Å²) < 4.78 is 0. The average Bonchev–Trinajstić information content (AvgIpc) is 3.15. The Balaban J connectivity index is 1.59. The van der Waals surface area contributed by atoms with Gasteiger partial charge in [-0.05, 0) is 55.2 Å². The van der Waals surface area contributed by atoms with Gasteiger partial charge in [0.05, 0.1) is 0 Å². The molecule has 1 aliphatic heterocycles. The average molecular weight is 353 g/mol. The molecule has 0 aromatic heterocycles. The number of urea groups is 1. The van der Waals surface area contributed by atoms with Gasteiger partial charge < -0.3 is 20.6 Å². The van der Waals surface area contributed by atoms with Crippen LogP contribution in [0.4, 0.5) is 21.9 Å². The number of rotatable bonds is 6. The molecule has 6 heteroatoms. The van der Waals surface area contributed by atoms with Crippen LogP contribution in [0, 0.1) is 0 Å². The van der Waals surface area contributed by atoms with Gasteiger partial charge in [-0.15, -0.1) is 0 Å². The molecule has 0 saturated carbocycles. The molecule has 3 rings (SSSR count). The number of nitrogens with zero attached hydrogens (tertiary/aromatic N) is 1. The SMILES string of the molecule is O=C(O)CCc1cccc(NC(=O)Nc2cccc(N3CCCC3)c2)c1. The van der Waals surface area contributed by atoms with Crippen molar-refractivity contribution in [3.63, 3.8) is 0 Å². The normalized spacial score (nSPS) is 13.5. The zero-order valence-electron chi connectivity index (χ0n) is 14.6. The Labute approximate surface area is 152 Å². The molecule has 3 N–H and O–H groups in total. The predicted molar refractivity (Wildman–Crippen MR) is 103 cm³/mol. The molecule has 2 amide bonds. The lowest BCUT2D eigenvalue weighted by molar-refractivity contribution is -0.136. The number of anilines is 3. The van der Waals surface area contributed by atoms with E-state index in [4.69, 9.17) is 5.11 Å². The van der Waals surface area contributed by atoms with E-state index in [9.17, 15) is 9.59 Å². The highest BCUT2D eigenvalue weighted by molar-refractivity contribution is 6.00. The van der Waals surface area contributed by atoms with Crippen LogP contribution in [0.1, 0.15) is 24.8 Å². The Morgan fingerprint density at radius 1 is 0.962 bits per heavy atom. The highest BCUT2D eigenvalue weighted by atomic mass is 16.4. The van der Waals surface area contributed by atoms with E-state index in [0.717, 1.165) is 30.0 Å². The summed E-state index contributed by atoms with van der Waals surface area (Å²) >= 11 is 0. The van der Waals surface area contributed by atoms with Crippen LogP contribution in [0.5, 0.6) is 0 Å². The molecule has 136 valence electrons. The Morgan fingerprint density at radius 3 is 2.31 bits per heavy atom. The van der Waals surface area contributed by atoms with Gasteiger partial charge in [0, 0.05) is 36.6 Å². The minimum absolute atomic E-state index is 0.0684. The molecule has 0 bridgehead atoms. The van der Waals surface area contributed by atoms with E-state index in [1.807, 2.05) is 24.3 Å². The minimum atomic E-state index is -0.834. The second kappa shape index (κ2) is 8.38. The van der Waals surface area contributed by atoms with E-state index in [-0.39, 0.29) is 12.5 Å². The molecular formula is C20H23N3O3. The Morgan fingerprint density at radius 2 is 1.62 bits per heavy atom. The van der Waals surface area contributed by atoms with Crippen molar-refractivity contribution in [2.45, 2.75) is 25.7 Å². The number of aryl methyl sites for hydroxylation is 1. The van der Waals surface area contributed by atoms with Gasteiger partial charge in [0.25, 0.3) is 0 Å². The molecule has 1 aliphatic rings. The molecule has 1 heterocycles. The summed E-state index contributed by atoms with van der Waals surface area (Å²) in [5, 5.41) is 14.4. The van der Waals surface area contributed by atoms with Crippen LogP contribution in [0.3, 0.4) is 0 Å². The van der Waals surface area contributed by atoms with Gasteiger partial charge in [-0.25, -0.2) is 4.79 Å². The maximum atomic E-state index is 12.3. The summed E-state index contributed by atoms with van der Waals surface area (Å²) in [7, 11) is 0. The second-order valence-electron chi connectivity index (χ2n) is 6.42. The van der Waals surface area contributed by atoms with E-state index >= 15 is 0 Å². The van der Waals surface area contributed by atoms with Gasteiger partial charge in [-0.2, -0.15) is 0 Å². The molecule has 2 aromatic carbocycles. The number of hydrogen-bond donors (Lipinski definition) is 3. The van der Waals surface area contributed by atoms with Gasteiger partial charge >= 0.3 is 12.0 Å². The monoisotopic (exact) mass is 353 g/mol. The van der Waals surface area contributed by atoms with Crippen LogP contribution in [0.25, 0.3) is 0 Å². The summed E-state index contributed by atoms with van der Waals surface area (Å²) in [5.41, 5.74) is 3.38. The first-order valence-corrected chi connectivity index (χ1v) is 8.84. The van der Waals surface area contributed by atoms with Crippen LogP contribution in [-0.2, 0) is 11.2 Å². The topological polar surface area (TPSA) is 81.7 Å². The van der Waals surface area contributed by atoms with E-state index < -0.39 is 5.97 Å². The van der Waals surface area contributed by atoms with E-state index in [1.54, 1.807) is 18.2 Å². The van der Waals surface area contributed by atoms with E-state index in [2.05, 4.69) is 21.6 Å². The molecule has 0 spiro atoms. The van der Waals surface area contributed by atoms with Gasteiger partial charge in [-0.1, -0.05) is 18.2 Å². The third-order valence-corrected chi connectivity index (χ3v) is 4.39. The zero-order chi connectivity index (χ0) is 18.4. The second-order valence-corrected chi connectivity index (χ2v) is 6.42. The van der Waals surface area contributed by atoms with Crippen LogP contribution in [0.15, 0.2) is 48.5 Å². The lowest BCUT2D eigenvalue weighted by atomic mass is 10.1. The summed E-state index contributed by atoms with van der Waals surface area (Å²) in [6.07, 6.45) is 2.91. The fourth-order valence-corrected chi connectivity index (χ4v) is 3.10. The van der Waals surface area contributed by atoms with Crippen LogP contribution >= 0.6 is 0 Å². The van der Waals surface area contributed by atoms with Crippen molar-refractivity contribution in [1.82, 2.24) is 0 Å². The number of benzene rings is 2. The number of carboxylic acids is 1. The van der Waals surface area contributed by atoms with Gasteiger partial charge in [0.2, 0.25) is 0 Å². The van der Waals surface area contributed by atoms with Crippen LogP contribution in [-0.4, -0.2) is 30.2 Å².